The summed E-state index contributed by atoms with van der Waals surface area (Å²) in [4.78, 5) is 7.93. The molecule has 0 saturated carbocycles. The molecular weight excluding hydrogens is 403 g/mol. The van der Waals surface area contributed by atoms with Crippen molar-refractivity contribution in [1.82, 2.24) is 19.9 Å². The van der Waals surface area contributed by atoms with Crippen LogP contribution >= 0.6 is 11.3 Å². The van der Waals surface area contributed by atoms with E-state index in [0.717, 1.165) is 16.7 Å². The number of hydrogen-bond acceptors (Lipinski definition) is 5. The molecule has 0 aliphatic rings. The van der Waals surface area contributed by atoms with Crippen LogP contribution < -0.4 is 10.6 Å². The second-order valence-electron chi connectivity index (χ2n) is 5.64. The highest BCUT2D eigenvalue weighted by molar-refractivity contribution is 7.89. The maximum absolute atomic E-state index is 12.5. The van der Waals surface area contributed by atoms with Gasteiger partial charge in [-0.05, 0) is 20.3 Å². The van der Waals surface area contributed by atoms with E-state index >= 15 is 0 Å². The molecule has 1 aromatic heterocycles. The smallest absolute Gasteiger partial charge is 0.357 e. The highest BCUT2D eigenvalue weighted by Crippen LogP contribution is 2.29. The largest absolute Gasteiger partial charge is 0.434 e. The lowest BCUT2D eigenvalue weighted by Gasteiger charge is -2.15. The third-order valence-electron chi connectivity index (χ3n) is 3.56. The highest BCUT2D eigenvalue weighted by Gasteiger charge is 2.33. The number of guanidine groups is 1. The van der Waals surface area contributed by atoms with Crippen molar-refractivity contribution in [3.05, 3.63) is 16.1 Å². The summed E-state index contributed by atoms with van der Waals surface area (Å²) in [5, 5.41) is 7.49. The molecule has 0 amide bonds. The van der Waals surface area contributed by atoms with Crippen LogP contribution in [0.2, 0.25) is 0 Å². The van der Waals surface area contributed by atoms with Crippen LogP contribution in [0.3, 0.4) is 0 Å². The first kappa shape index (κ1) is 23.6. The minimum Gasteiger partial charge on any atom is -0.357 e. The average Bonchev–Trinajstić information content (AvgIpc) is 3.07. The van der Waals surface area contributed by atoms with Crippen LogP contribution in [0.4, 0.5) is 13.2 Å². The van der Waals surface area contributed by atoms with Crippen molar-refractivity contribution >= 4 is 27.3 Å². The highest BCUT2D eigenvalue weighted by atomic mass is 32.2. The third kappa shape index (κ3) is 8.43. The zero-order valence-electron chi connectivity index (χ0n) is 15.6. The average molecular weight is 430 g/mol. The van der Waals surface area contributed by atoms with Gasteiger partial charge in [0.25, 0.3) is 0 Å². The number of rotatable bonds is 10. The predicted molar refractivity (Wildman–Crippen MR) is 102 cm³/mol. The second-order valence-corrected chi connectivity index (χ2v) is 8.94. The molecule has 0 radical (unpaired) electrons. The molecule has 2 N–H and O–H groups in total. The lowest BCUT2D eigenvalue weighted by molar-refractivity contribution is -0.140. The van der Waals surface area contributed by atoms with Crippen molar-refractivity contribution in [3.63, 3.8) is 0 Å². The minimum atomic E-state index is -4.42. The van der Waals surface area contributed by atoms with Crippen LogP contribution in [0.5, 0.6) is 0 Å². The SMILES string of the molecule is CCNC(=NCCCN(C)S(=O)(=O)CC)NCCc1nc(C(F)(F)F)cs1. The Bertz CT molecular complexity index is 705. The number of thiazole rings is 1. The first-order chi connectivity index (χ1) is 12.6. The molecule has 156 valence electrons. The summed E-state index contributed by atoms with van der Waals surface area (Å²) in [5.41, 5.74) is -0.866. The fraction of sp³-hybridized carbons (Fsp3) is 0.733. The molecular formula is C15H26F3N5O2S2. The van der Waals surface area contributed by atoms with Gasteiger partial charge >= 0.3 is 6.18 Å². The number of nitrogens with zero attached hydrogens (tertiary/aromatic N) is 3. The van der Waals surface area contributed by atoms with E-state index in [2.05, 4.69) is 20.6 Å². The van der Waals surface area contributed by atoms with E-state index in [1.165, 1.54) is 11.4 Å². The van der Waals surface area contributed by atoms with Gasteiger partial charge in [0.15, 0.2) is 11.7 Å². The number of alkyl halides is 3. The standard InChI is InChI=1S/C15H26F3N5O2S2/c1-4-19-14(20-8-6-10-23(3)27(24,25)5-2)21-9-7-13-22-12(11-26-13)15(16,17)18/h11H,4-10H2,1-3H3,(H2,19,20,21). The van der Waals surface area contributed by atoms with Crippen LogP contribution in [0, 0.1) is 0 Å². The van der Waals surface area contributed by atoms with Crippen molar-refractivity contribution in [1.29, 1.82) is 0 Å². The van der Waals surface area contributed by atoms with Crippen LogP contribution in [0.25, 0.3) is 0 Å². The maximum Gasteiger partial charge on any atom is 0.434 e. The van der Waals surface area contributed by atoms with E-state index in [1.807, 2.05) is 6.92 Å². The molecule has 0 aromatic carbocycles. The molecule has 0 fully saturated rings. The fourth-order valence-corrected chi connectivity index (χ4v) is 3.68. The number of aliphatic imine (C=N–C) groups is 1. The Morgan fingerprint density at radius 1 is 1.33 bits per heavy atom. The zero-order valence-corrected chi connectivity index (χ0v) is 17.3. The van der Waals surface area contributed by atoms with Crippen molar-refractivity contribution in [3.8, 4) is 0 Å². The molecule has 1 heterocycles. The number of aromatic nitrogens is 1. The summed E-state index contributed by atoms with van der Waals surface area (Å²) in [7, 11) is -1.66. The predicted octanol–water partition coefficient (Wildman–Crippen LogP) is 1.93. The quantitative estimate of drug-likeness (QED) is 0.337. The molecule has 0 saturated heterocycles. The first-order valence-electron chi connectivity index (χ1n) is 8.58. The topological polar surface area (TPSA) is 86.7 Å². The maximum atomic E-state index is 12.5. The summed E-state index contributed by atoms with van der Waals surface area (Å²) < 4.78 is 62.2. The molecule has 1 rings (SSSR count). The summed E-state index contributed by atoms with van der Waals surface area (Å²) >= 11 is 0.977. The molecule has 0 unspecified atom stereocenters. The Morgan fingerprint density at radius 2 is 2.04 bits per heavy atom. The van der Waals surface area contributed by atoms with Gasteiger partial charge < -0.3 is 10.6 Å². The molecule has 0 aliphatic carbocycles. The second kappa shape index (κ2) is 10.8. The Morgan fingerprint density at radius 3 is 2.59 bits per heavy atom. The number of sulfonamides is 1. The first-order valence-corrected chi connectivity index (χ1v) is 11.1. The molecule has 12 heteroatoms. The summed E-state index contributed by atoms with van der Waals surface area (Å²) in [6, 6.07) is 0. The van der Waals surface area contributed by atoms with Gasteiger partial charge in [-0.25, -0.2) is 17.7 Å². The van der Waals surface area contributed by atoms with Gasteiger partial charge in [-0.15, -0.1) is 11.3 Å². The van der Waals surface area contributed by atoms with Gasteiger partial charge in [-0.2, -0.15) is 13.2 Å². The Balaban J connectivity index is 2.44. The van der Waals surface area contributed by atoms with Gasteiger partial charge in [-0.1, -0.05) is 0 Å². The van der Waals surface area contributed by atoms with Crippen LogP contribution in [0.1, 0.15) is 31.0 Å². The van der Waals surface area contributed by atoms with E-state index in [4.69, 9.17) is 0 Å². The van der Waals surface area contributed by atoms with Crippen LogP contribution in [-0.4, -0.2) is 62.6 Å². The summed E-state index contributed by atoms with van der Waals surface area (Å²) in [6.45, 7) is 5.31. The number of hydrogen-bond donors (Lipinski definition) is 2. The third-order valence-corrected chi connectivity index (χ3v) is 6.33. The van der Waals surface area contributed by atoms with Gasteiger partial charge in [0, 0.05) is 45.0 Å². The van der Waals surface area contributed by atoms with Crippen molar-refractivity contribution in [2.24, 2.45) is 4.99 Å². The van der Waals surface area contributed by atoms with E-state index in [-0.39, 0.29) is 5.75 Å². The minimum absolute atomic E-state index is 0.0593. The molecule has 27 heavy (non-hydrogen) atoms. The van der Waals surface area contributed by atoms with E-state index in [0.29, 0.717) is 50.0 Å². The number of halogens is 3. The molecule has 7 nitrogen and oxygen atoms in total. The van der Waals surface area contributed by atoms with E-state index in [9.17, 15) is 21.6 Å². The Kier molecular flexibility index (Phi) is 9.47. The summed E-state index contributed by atoms with van der Waals surface area (Å²) in [5.74, 6) is 0.593. The molecule has 0 bridgehead atoms. The summed E-state index contributed by atoms with van der Waals surface area (Å²) in [6.07, 6.45) is -3.51. The van der Waals surface area contributed by atoms with Gasteiger partial charge in [0.05, 0.1) is 10.8 Å². The lowest BCUT2D eigenvalue weighted by Crippen LogP contribution is -2.38. The van der Waals surface area contributed by atoms with Crippen LogP contribution in [0.15, 0.2) is 10.4 Å². The van der Waals surface area contributed by atoms with Gasteiger partial charge in [0.2, 0.25) is 10.0 Å². The molecule has 0 spiro atoms. The lowest BCUT2D eigenvalue weighted by atomic mass is 10.4. The number of nitrogens with one attached hydrogen (secondary N) is 2. The monoisotopic (exact) mass is 429 g/mol. The van der Waals surface area contributed by atoms with Gasteiger partial charge in [-0.3, -0.25) is 4.99 Å². The normalized spacial score (nSPS) is 13.2. The van der Waals surface area contributed by atoms with Crippen molar-refractivity contribution in [2.45, 2.75) is 32.9 Å². The molecule has 1 aromatic rings. The molecule has 0 aliphatic heterocycles. The van der Waals surface area contributed by atoms with Crippen molar-refractivity contribution in [2.75, 3.05) is 39.0 Å². The van der Waals surface area contributed by atoms with Crippen LogP contribution in [-0.2, 0) is 22.6 Å². The Hall–Kier alpha value is -1.40. The van der Waals surface area contributed by atoms with E-state index in [1.54, 1.807) is 6.92 Å². The van der Waals surface area contributed by atoms with Crippen molar-refractivity contribution < 1.29 is 21.6 Å². The Labute approximate surface area is 162 Å². The fourth-order valence-electron chi connectivity index (χ4n) is 2.03. The van der Waals surface area contributed by atoms with E-state index < -0.39 is 21.9 Å². The zero-order chi connectivity index (χ0) is 20.5. The van der Waals surface area contributed by atoms with Gasteiger partial charge in [0.1, 0.15) is 0 Å². The molecule has 0 atom stereocenters.